The molecule has 212 valence electrons. The van der Waals surface area contributed by atoms with Gasteiger partial charge in [-0.05, 0) is 30.9 Å². The summed E-state index contributed by atoms with van der Waals surface area (Å²) in [5.74, 6) is -2.88. The summed E-state index contributed by atoms with van der Waals surface area (Å²) in [7, 11) is 0. The van der Waals surface area contributed by atoms with Gasteiger partial charge in [0.25, 0.3) is 0 Å². The van der Waals surface area contributed by atoms with Gasteiger partial charge in [0.05, 0.1) is 37.2 Å². The minimum absolute atomic E-state index is 0.173. The Bertz CT molecular complexity index is 1240. The number of carbonyl (C=O) groups is 3. The Kier molecular flexibility index (Phi) is 8.44. The fraction of sp³-hybridized carbons (Fsp3) is 0.452. The number of aliphatic hydroxyl groups excluding tert-OH is 1. The molecule has 2 bridgehead atoms. The molecule has 1 spiro atoms. The van der Waals surface area contributed by atoms with Crippen LogP contribution in [0.25, 0.3) is 0 Å². The standard InChI is InChI=1S/C31H35BrN2O6/c1-3-15-33(18-21-13-9-6-10-14-21)29(37)27-31-17-23(32)26(40-31)24(30(38)39-4-2)25(31)28(36)34(27)22(19-35)16-20-11-7-5-8-12-20/h3,5-14,22-27,35H,1,4,15-19H2,2H3/t22-,23?,24-,25+,26-,27-,31+/m1/s1. The average molecular weight is 612 g/mol. The molecule has 1 N–H and O–H groups in total. The SMILES string of the molecule is C=CCN(Cc1ccccc1)C(=O)[C@H]1N([C@@H](CO)Cc2ccccc2)C(=O)[C@@H]2[C@@H](C(=O)OCC)[C@@H]3O[C@@]21CC3Br. The number of aliphatic hydroxyl groups is 1. The molecule has 3 aliphatic heterocycles. The predicted molar refractivity (Wildman–Crippen MR) is 152 cm³/mol. The van der Waals surface area contributed by atoms with Crippen LogP contribution in [0.15, 0.2) is 73.3 Å². The van der Waals surface area contributed by atoms with E-state index < -0.39 is 41.6 Å². The molecule has 1 unspecified atom stereocenters. The van der Waals surface area contributed by atoms with Crippen molar-refractivity contribution < 1.29 is 29.0 Å². The van der Waals surface area contributed by atoms with Crippen LogP contribution in [0.1, 0.15) is 24.5 Å². The third kappa shape index (κ3) is 4.88. The normalized spacial score (nSPS) is 29.2. The fourth-order valence-electron chi connectivity index (χ4n) is 6.75. The lowest BCUT2D eigenvalue weighted by Crippen LogP contribution is -2.59. The lowest BCUT2D eigenvalue weighted by atomic mass is 9.70. The Morgan fingerprint density at radius 2 is 1.85 bits per heavy atom. The van der Waals surface area contributed by atoms with Crippen molar-refractivity contribution in [3.63, 3.8) is 0 Å². The Hall–Kier alpha value is -3.01. The molecular formula is C31H35BrN2O6. The zero-order chi connectivity index (χ0) is 28.4. The second-order valence-electron chi connectivity index (χ2n) is 10.7. The van der Waals surface area contributed by atoms with Crippen LogP contribution in [-0.2, 0) is 36.8 Å². The number of halogens is 1. The molecule has 9 heteroatoms. The molecule has 3 heterocycles. The van der Waals surface area contributed by atoms with E-state index in [0.29, 0.717) is 19.4 Å². The number of amides is 2. The molecule has 7 atom stereocenters. The minimum atomic E-state index is -1.23. The van der Waals surface area contributed by atoms with Crippen LogP contribution in [0.4, 0.5) is 0 Å². The molecule has 3 saturated heterocycles. The maximum atomic E-state index is 14.6. The topological polar surface area (TPSA) is 96.4 Å². The van der Waals surface area contributed by atoms with Crippen molar-refractivity contribution in [2.75, 3.05) is 19.8 Å². The molecule has 8 nitrogen and oxygen atoms in total. The molecule has 40 heavy (non-hydrogen) atoms. The number of fused-ring (bicyclic) bond motifs is 1. The molecule has 2 amide bonds. The Morgan fingerprint density at radius 1 is 1.20 bits per heavy atom. The van der Waals surface area contributed by atoms with Gasteiger partial charge in [0, 0.05) is 17.9 Å². The molecule has 2 aromatic carbocycles. The van der Waals surface area contributed by atoms with Gasteiger partial charge in [0.2, 0.25) is 11.8 Å². The molecule has 5 rings (SSSR count). The first kappa shape index (κ1) is 28.5. The van der Waals surface area contributed by atoms with E-state index in [1.807, 2.05) is 60.7 Å². The Labute approximate surface area is 243 Å². The third-order valence-electron chi connectivity index (χ3n) is 8.32. The summed E-state index contributed by atoms with van der Waals surface area (Å²) in [4.78, 5) is 45.1. The number of esters is 1. The largest absolute Gasteiger partial charge is 0.466 e. The van der Waals surface area contributed by atoms with Gasteiger partial charge in [0.1, 0.15) is 11.6 Å². The van der Waals surface area contributed by atoms with E-state index in [0.717, 1.165) is 11.1 Å². The number of nitrogens with zero attached hydrogens (tertiary/aromatic N) is 2. The number of carbonyl (C=O) groups excluding carboxylic acids is 3. The van der Waals surface area contributed by atoms with Crippen LogP contribution in [-0.4, -0.2) is 81.1 Å². The summed E-state index contributed by atoms with van der Waals surface area (Å²) < 4.78 is 12.0. The minimum Gasteiger partial charge on any atom is -0.466 e. The molecule has 0 aliphatic carbocycles. The zero-order valence-electron chi connectivity index (χ0n) is 22.5. The lowest BCUT2D eigenvalue weighted by Gasteiger charge is -2.39. The van der Waals surface area contributed by atoms with Gasteiger partial charge in [0.15, 0.2) is 0 Å². The Morgan fingerprint density at radius 3 is 2.45 bits per heavy atom. The van der Waals surface area contributed by atoms with E-state index in [2.05, 4.69) is 22.5 Å². The maximum Gasteiger partial charge on any atom is 0.312 e. The molecule has 3 aliphatic rings. The van der Waals surface area contributed by atoms with E-state index >= 15 is 0 Å². The number of hydrogen-bond donors (Lipinski definition) is 1. The Balaban J connectivity index is 1.58. The van der Waals surface area contributed by atoms with Crippen LogP contribution in [0.5, 0.6) is 0 Å². The number of rotatable bonds is 11. The van der Waals surface area contributed by atoms with Crippen LogP contribution in [0, 0.1) is 11.8 Å². The number of benzene rings is 2. The van der Waals surface area contributed by atoms with Crippen molar-refractivity contribution >= 4 is 33.7 Å². The van der Waals surface area contributed by atoms with Crippen LogP contribution in [0.2, 0.25) is 0 Å². The summed E-state index contributed by atoms with van der Waals surface area (Å²) in [5.41, 5.74) is 0.628. The molecule has 3 fully saturated rings. The molecule has 0 saturated carbocycles. The van der Waals surface area contributed by atoms with E-state index in [1.165, 1.54) is 4.90 Å². The van der Waals surface area contributed by atoms with Crippen molar-refractivity contribution in [2.45, 2.75) is 54.9 Å². The van der Waals surface area contributed by atoms with Gasteiger partial charge in [-0.15, -0.1) is 6.58 Å². The van der Waals surface area contributed by atoms with Crippen molar-refractivity contribution in [2.24, 2.45) is 11.8 Å². The molecule has 0 radical (unpaired) electrons. The number of likely N-dealkylation sites (tertiary alicyclic amines) is 1. The summed E-state index contributed by atoms with van der Waals surface area (Å²) in [6.45, 7) is 5.98. The molecular weight excluding hydrogens is 576 g/mol. The van der Waals surface area contributed by atoms with E-state index in [-0.39, 0.29) is 36.4 Å². The second kappa shape index (κ2) is 11.8. The van der Waals surface area contributed by atoms with Gasteiger partial charge >= 0.3 is 5.97 Å². The van der Waals surface area contributed by atoms with Gasteiger partial charge in [-0.1, -0.05) is 82.7 Å². The average Bonchev–Trinajstić information content (AvgIpc) is 3.56. The monoisotopic (exact) mass is 610 g/mol. The second-order valence-corrected chi connectivity index (χ2v) is 11.9. The van der Waals surface area contributed by atoms with E-state index in [4.69, 9.17) is 9.47 Å². The molecule has 2 aromatic rings. The van der Waals surface area contributed by atoms with Gasteiger partial charge in [-0.2, -0.15) is 0 Å². The van der Waals surface area contributed by atoms with Crippen molar-refractivity contribution in [3.05, 3.63) is 84.4 Å². The van der Waals surface area contributed by atoms with Crippen LogP contribution in [0.3, 0.4) is 0 Å². The summed E-state index contributed by atoms with van der Waals surface area (Å²) >= 11 is 3.68. The van der Waals surface area contributed by atoms with Gasteiger partial charge < -0.3 is 24.4 Å². The lowest BCUT2D eigenvalue weighted by molar-refractivity contribution is -0.156. The highest BCUT2D eigenvalue weighted by atomic mass is 79.9. The number of alkyl halides is 1. The quantitative estimate of drug-likeness (QED) is 0.239. The first-order chi connectivity index (χ1) is 19.4. The van der Waals surface area contributed by atoms with E-state index in [9.17, 15) is 19.5 Å². The van der Waals surface area contributed by atoms with E-state index in [1.54, 1.807) is 17.9 Å². The predicted octanol–water partition coefficient (Wildman–Crippen LogP) is 3.12. The smallest absolute Gasteiger partial charge is 0.312 e. The van der Waals surface area contributed by atoms with Crippen molar-refractivity contribution in [1.82, 2.24) is 9.80 Å². The first-order valence-electron chi connectivity index (χ1n) is 13.7. The highest BCUT2D eigenvalue weighted by Gasteiger charge is 2.77. The third-order valence-corrected chi connectivity index (χ3v) is 9.16. The number of hydrogen-bond acceptors (Lipinski definition) is 6. The highest BCUT2D eigenvalue weighted by molar-refractivity contribution is 9.09. The fourth-order valence-corrected chi connectivity index (χ4v) is 7.69. The van der Waals surface area contributed by atoms with Gasteiger partial charge in [-0.3, -0.25) is 14.4 Å². The van der Waals surface area contributed by atoms with Crippen molar-refractivity contribution in [1.29, 1.82) is 0 Å². The van der Waals surface area contributed by atoms with Gasteiger partial charge in [-0.25, -0.2) is 0 Å². The van der Waals surface area contributed by atoms with Crippen LogP contribution >= 0.6 is 15.9 Å². The summed E-state index contributed by atoms with van der Waals surface area (Å²) in [6, 6.07) is 17.4. The summed E-state index contributed by atoms with van der Waals surface area (Å²) in [5, 5.41) is 10.6. The number of ether oxygens (including phenoxy) is 2. The maximum absolute atomic E-state index is 14.6. The van der Waals surface area contributed by atoms with Crippen molar-refractivity contribution in [3.8, 4) is 0 Å². The molecule has 0 aromatic heterocycles. The summed E-state index contributed by atoms with van der Waals surface area (Å²) in [6.07, 6.45) is 1.80. The van der Waals surface area contributed by atoms with Crippen LogP contribution < -0.4 is 0 Å². The first-order valence-corrected chi connectivity index (χ1v) is 14.7. The zero-order valence-corrected chi connectivity index (χ0v) is 24.1. The highest BCUT2D eigenvalue weighted by Crippen LogP contribution is 2.60.